The van der Waals surface area contributed by atoms with Gasteiger partial charge >= 0.3 is 0 Å². The molecule has 0 aliphatic rings. The Morgan fingerprint density at radius 3 is 2.44 bits per heavy atom. The zero-order chi connectivity index (χ0) is 13.0. The van der Waals surface area contributed by atoms with Crippen molar-refractivity contribution in [2.75, 3.05) is 5.32 Å². The second kappa shape index (κ2) is 5.46. The zero-order valence-corrected chi connectivity index (χ0v) is 10.2. The van der Waals surface area contributed by atoms with Crippen LogP contribution in [0.15, 0.2) is 41.8 Å². The van der Waals surface area contributed by atoms with Crippen molar-refractivity contribution < 1.29 is 14.7 Å². The van der Waals surface area contributed by atoms with Crippen LogP contribution in [0.25, 0.3) is 0 Å². The first-order valence-electron chi connectivity index (χ1n) is 5.29. The van der Waals surface area contributed by atoms with E-state index in [1.165, 1.54) is 11.3 Å². The normalized spacial score (nSPS) is 10.0. The molecule has 92 valence electrons. The summed E-state index contributed by atoms with van der Waals surface area (Å²) < 4.78 is 0. The van der Waals surface area contributed by atoms with Gasteiger partial charge in [0.05, 0.1) is 4.88 Å². The van der Waals surface area contributed by atoms with Gasteiger partial charge in [0, 0.05) is 18.1 Å². The van der Waals surface area contributed by atoms with Gasteiger partial charge in [-0.25, -0.2) is 0 Å². The van der Waals surface area contributed by atoms with Crippen molar-refractivity contribution in [3.05, 3.63) is 52.2 Å². The summed E-state index contributed by atoms with van der Waals surface area (Å²) in [7, 11) is 0. The molecule has 0 aliphatic heterocycles. The van der Waals surface area contributed by atoms with Crippen molar-refractivity contribution in [3.63, 3.8) is 0 Å². The molecule has 0 radical (unpaired) electrons. The summed E-state index contributed by atoms with van der Waals surface area (Å²) in [6, 6.07) is 10.2. The molecule has 1 heterocycles. The van der Waals surface area contributed by atoms with Gasteiger partial charge in [0.25, 0.3) is 5.91 Å². The Labute approximate surface area is 108 Å². The first kappa shape index (κ1) is 12.3. The lowest BCUT2D eigenvalue weighted by Gasteiger charge is -2.06. The molecule has 18 heavy (non-hydrogen) atoms. The second-order valence-electron chi connectivity index (χ2n) is 3.68. The number of hydrogen-bond acceptors (Lipinski definition) is 4. The van der Waals surface area contributed by atoms with Gasteiger partial charge in [0.15, 0.2) is 0 Å². The van der Waals surface area contributed by atoms with Crippen LogP contribution in [0.3, 0.4) is 0 Å². The van der Waals surface area contributed by atoms with E-state index in [-0.39, 0.29) is 12.3 Å². The number of anilines is 1. The Morgan fingerprint density at radius 2 is 1.89 bits per heavy atom. The van der Waals surface area contributed by atoms with Crippen LogP contribution in [0.5, 0.6) is 0 Å². The first-order valence-corrected chi connectivity index (χ1v) is 6.17. The first-order chi connectivity index (χ1) is 8.65. The molecule has 4 nitrogen and oxygen atoms in total. The van der Waals surface area contributed by atoms with Crippen molar-refractivity contribution in [3.8, 4) is 0 Å². The molecule has 0 saturated heterocycles. The SMILES string of the molecule is O=C([O-])Cc1ccc(NC(=O)c2cccs2)cc1. The molecule has 0 spiro atoms. The minimum absolute atomic E-state index is 0.126. The second-order valence-corrected chi connectivity index (χ2v) is 4.62. The molecule has 1 aromatic heterocycles. The van der Waals surface area contributed by atoms with Crippen molar-refractivity contribution in [1.29, 1.82) is 0 Å². The summed E-state index contributed by atoms with van der Waals surface area (Å²) in [6.07, 6.45) is -0.126. The molecule has 0 aliphatic carbocycles. The van der Waals surface area contributed by atoms with Crippen LogP contribution >= 0.6 is 11.3 Å². The summed E-state index contributed by atoms with van der Waals surface area (Å²) in [5.74, 6) is -1.29. The Hall–Kier alpha value is -2.14. The molecule has 1 N–H and O–H groups in total. The number of rotatable bonds is 4. The van der Waals surface area contributed by atoms with E-state index in [2.05, 4.69) is 5.32 Å². The Morgan fingerprint density at radius 1 is 1.17 bits per heavy atom. The van der Waals surface area contributed by atoms with Crippen LogP contribution in [0.2, 0.25) is 0 Å². The third-order valence-corrected chi connectivity index (χ3v) is 3.17. The summed E-state index contributed by atoms with van der Waals surface area (Å²) >= 11 is 1.36. The number of carboxylic acids is 1. The molecule has 5 heteroatoms. The highest BCUT2D eigenvalue weighted by molar-refractivity contribution is 7.12. The van der Waals surface area contributed by atoms with E-state index >= 15 is 0 Å². The largest absolute Gasteiger partial charge is 0.550 e. The number of thiophene rings is 1. The van der Waals surface area contributed by atoms with Gasteiger partial charge in [-0.2, -0.15) is 0 Å². The minimum atomic E-state index is -1.12. The van der Waals surface area contributed by atoms with Gasteiger partial charge in [0.1, 0.15) is 0 Å². The van der Waals surface area contributed by atoms with Crippen LogP contribution in [0, 0.1) is 0 Å². The molecule has 2 rings (SSSR count). The summed E-state index contributed by atoms with van der Waals surface area (Å²) in [5, 5.41) is 15.0. The molecule has 0 fully saturated rings. The lowest BCUT2D eigenvalue weighted by Crippen LogP contribution is -2.24. The number of amides is 1. The highest BCUT2D eigenvalue weighted by Crippen LogP contribution is 2.14. The topological polar surface area (TPSA) is 69.2 Å². The van der Waals surface area contributed by atoms with Crippen LogP contribution < -0.4 is 10.4 Å². The van der Waals surface area contributed by atoms with Gasteiger partial charge in [0.2, 0.25) is 0 Å². The fourth-order valence-electron chi connectivity index (χ4n) is 1.47. The van der Waals surface area contributed by atoms with E-state index < -0.39 is 5.97 Å². The van der Waals surface area contributed by atoms with Crippen molar-refractivity contribution in [2.45, 2.75) is 6.42 Å². The van der Waals surface area contributed by atoms with Gasteiger partial charge in [-0.1, -0.05) is 18.2 Å². The number of hydrogen-bond donors (Lipinski definition) is 1. The molecule has 0 atom stereocenters. The van der Waals surface area contributed by atoms with Crippen LogP contribution in [0.4, 0.5) is 5.69 Å². The third-order valence-electron chi connectivity index (χ3n) is 2.31. The Bertz CT molecular complexity index is 546. The molecule has 0 unspecified atom stereocenters. The van der Waals surface area contributed by atoms with E-state index in [0.717, 1.165) is 0 Å². The van der Waals surface area contributed by atoms with Crippen molar-refractivity contribution >= 4 is 28.9 Å². The van der Waals surface area contributed by atoms with Crippen molar-refractivity contribution in [1.82, 2.24) is 0 Å². The number of carbonyl (C=O) groups excluding carboxylic acids is 2. The molecular formula is C13H10NO3S-. The van der Waals surface area contributed by atoms with Gasteiger partial charge in [-0.3, -0.25) is 4.79 Å². The van der Waals surface area contributed by atoms with E-state index in [4.69, 9.17) is 0 Å². The number of aliphatic carboxylic acids is 1. The molecule has 0 saturated carbocycles. The zero-order valence-electron chi connectivity index (χ0n) is 9.38. The molecule has 1 aromatic carbocycles. The van der Waals surface area contributed by atoms with Crippen LogP contribution in [-0.4, -0.2) is 11.9 Å². The Kier molecular flexibility index (Phi) is 3.74. The molecule has 0 bridgehead atoms. The predicted octanol–water partition coefficient (Wildman–Crippen LogP) is 1.29. The monoisotopic (exact) mass is 260 g/mol. The lowest BCUT2D eigenvalue weighted by atomic mass is 10.1. The van der Waals surface area contributed by atoms with Gasteiger partial charge in [-0.15, -0.1) is 11.3 Å². The molecule has 1 amide bonds. The van der Waals surface area contributed by atoms with Crippen molar-refractivity contribution in [2.24, 2.45) is 0 Å². The van der Waals surface area contributed by atoms with Crippen LogP contribution in [0.1, 0.15) is 15.2 Å². The quantitative estimate of drug-likeness (QED) is 0.900. The maximum atomic E-state index is 11.7. The third kappa shape index (κ3) is 3.18. The number of nitrogens with one attached hydrogen (secondary N) is 1. The van der Waals surface area contributed by atoms with Gasteiger partial charge in [-0.05, 0) is 29.1 Å². The summed E-state index contributed by atoms with van der Waals surface area (Å²) in [5.41, 5.74) is 1.28. The molecular weight excluding hydrogens is 250 g/mol. The van der Waals surface area contributed by atoms with E-state index in [9.17, 15) is 14.7 Å². The lowest BCUT2D eigenvalue weighted by molar-refractivity contribution is -0.304. The van der Waals surface area contributed by atoms with E-state index in [0.29, 0.717) is 16.1 Å². The predicted molar refractivity (Wildman–Crippen MR) is 67.4 cm³/mol. The van der Waals surface area contributed by atoms with Crippen LogP contribution in [-0.2, 0) is 11.2 Å². The van der Waals surface area contributed by atoms with E-state index in [1.807, 2.05) is 11.4 Å². The Balaban J connectivity index is 2.02. The maximum Gasteiger partial charge on any atom is 0.265 e. The minimum Gasteiger partial charge on any atom is -0.550 e. The van der Waals surface area contributed by atoms with Gasteiger partial charge < -0.3 is 15.2 Å². The summed E-state index contributed by atoms with van der Waals surface area (Å²) in [4.78, 5) is 22.8. The highest BCUT2D eigenvalue weighted by atomic mass is 32.1. The van der Waals surface area contributed by atoms with E-state index in [1.54, 1.807) is 30.3 Å². The maximum absolute atomic E-state index is 11.7. The smallest absolute Gasteiger partial charge is 0.265 e. The average Bonchev–Trinajstić information content (AvgIpc) is 2.84. The average molecular weight is 260 g/mol. The fourth-order valence-corrected chi connectivity index (χ4v) is 2.09. The number of carbonyl (C=O) groups is 2. The number of benzene rings is 1. The highest BCUT2D eigenvalue weighted by Gasteiger charge is 2.06. The fraction of sp³-hybridized carbons (Fsp3) is 0.0769. The standard InChI is InChI=1S/C13H11NO3S/c15-12(16)8-9-3-5-10(6-4-9)14-13(17)11-2-1-7-18-11/h1-7H,8H2,(H,14,17)(H,15,16)/p-1. The summed E-state index contributed by atoms with van der Waals surface area (Å²) in [6.45, 7) is 0. The number of carboxylic acid groups (broad SMARTS) is 1. The molecule has 2 aromatic rings.